The Balaban J connectivity index is 1.67. The molecule has 0 aliphatic heterocycles. The lowest BCUT2D eigenvalue weighted by Gasteiger charge is -2.21. The predicted octanol–water partition coefficient (Wildman–Crippen LogP) is 5.28. The molecule has 0 fully saturated rings. The van der Waals surface area contributed by atoms with Crippen LogP contribution >= 0.6 is 23.2 Å². The number of carbonyl (C=O) groups excluding carboxylic acids is 1. The highest BCUT2D eigenvalue weighted by Crippen LogP contribution is 2.34. The molecule has 0 aliphatic rings. The molecule has 1 unspecified atom stereocenters. The van der Waals surface area contributed by atoms with Crippen molar-refractivity contribution in [3.8, 4) is 11.3 Å². The summed E-state index contributed by atoms with van der Waals surface area (Å²) in [5.41, 5.74) is 6.95. The summed E-state index contributed by atoms with van der Waals surface area (Å²) in [6.45, 7) is 4.21. The molecule has 11 nitrogen and oxygen atoms in total. The number of furan rings is 1. The van der Waals surface area contributed by atoms with Gasteiger partial charge in [-0.3, -0.25) is 4.79 Å². The van der Waals surface area contributed by atoms with Crippen LogP contribution in [0.2, 0.25) is 10.0 Å². The summed E-state index contributed by atoms with van der Waals surface area (Å²) in [4.78, 5) is 33.4. The maximum atomic E-state index is 12.6. The number of hydrogen-bond acceptors (Lipinski definition) is 9. The molecule has 0 bridgehead atoms. The highest BCUT2D eigenvalue weighted by atomic mass is 35.5. The number of aromatic nitrogens is 2. The van der Waals surface area contributed by atoms with Gasteiger partial charge in [0.2, 0.25) is 5.91 Å². The Morgan fingerprint density at radius 3 is 2.59 bits per heavy atom. The zero-order chi connectivity index (χ0) is 29.5. The predicted molar refractivity (Wildman–Crippen MR) is 160 cm³/mol. The average molecular weight is 598 g/mol. The molecule has 4 aromatic rings. The molecule has 0 aliphatic carbocycles. The van der Waals surface area contributed by atoms with Crippen LogP contribution in [-0.4, -0.2) is 46.1 Å². The van der Waals surface area contributed by atoms with Crippen LogP contribution in [0.5, 0.6) is 0 Å². The number of anilines is 4. The molecule has 2 aromatic heterocycles. The molecule has 0 saturated carbocycles. The van der Waals surface area contributed by atoms with Crippen molar-refractivity contribution in [1.82, 2.24) is 15.3 Å². The van der Waals surface area contributed by atoms with Crippen molar-refractivity contribution >= 4 is 58.1 Å². The number of hydrogen-bond donors (Lipinski definition) is 6. The van der Waals surface area contributed by atoms with E-state index >= 15 is 0 Å². The van der Waals surface area contributed by atoms with E-state index in [0.29, 0.717) is 69.1 Å². The summed E-state index contributed by atoms with van der Waals surface area (Å²) < 4.78 is 6.02. The van der Waals surface area contributed by atoms with Gasteiger partial charge in [0.1, 0.15) is 29.1 Å². The van der Waals surface area contributed by atoms with Crippen LogP contribution in [0.4, 0.5) is 23.0 Å². The normalized spacial score (nSPS) is 11.5. The maximum absolute atomic E-state index is 12.6. The smallest absolute Gasteiger partial charge is 0.337 e. The Morgan fingerprint density at radius 1 is 1.07 bits per heavy atom. The molecule has 1 atom stereocenters. The molecule has 2 aromatic carbocycles. The van der Waals surface area contributed by atoms with Gasteiger partial charge in [-0.1, -0.05) is 35.3 Å². The van der Waals surface area contributed by atoms with Crippen molar-refractivity contribution in [1.29, 1.82) is 0 Å². The summed E-state index contributed by atoms with van der Waals surface area (Å²) in [7, 11) is 0. The summed E-state index contributed by atoms with van der Waals surface area (Å²) in [6.07, 6.45) is 0. The second-order valence-electron chi connectivity index (χ2n) is 9.01. The Labute approximate surface area is 246 Å². The molecular formula is C28H29Cl2N7O4. The Morgan fingerprint density at radius 2 is 1.83 bits per heavy atom. The van der Waals surface area contributed by atoms with E-state index in [1.54, 1.807) is 62.4 Å². The van der Waals surface area contributed by atoms with Gasteiger partial charge in [-0.2, -0.15) is 0 Å². The summed E-state index contributed by atoms with van der Waals surface area (Å²) in [5.74, 6) is 0.747. The molecule has 13 heteroatoms. The summed E-state index contributed by atoms with van der Waals surface area (Å²) in [6, 6.07) is 14.5. The molecule has 7 N–H and O–H groups in total. The van der Waals surface area contributed by atoms with E-state index in [1.165, 1.54) is 6.07 Å². The van der Waals surface area contributed by atoms with Crippen LogP contribution < -0.4 is 27.0 Å². The first-order chi connectivity index (χ1) is 19.7. The standard InChI is InChI=1S/C28H29Cl2N7O4/c1-15(27(38)32-12-11-31)34-25-24(26(36-16(2)35-25)37-22-6-4-3-5-19(22)28(39)40)33-14-18-8-10-23(41-18)20-13-17(29)7-9-21(20)30/h3-10,13,15,33H,11-12,14,31H2,1-2H3,(H,32,38)(H,39,40)(H2,34,35,36,37). The molecular weight excluding hydrogens is 569 g/mol. The van der Waals surface area contributed by atoms with Gasteiger partial charge in [0, 0.05) is 23.7 Å². The lowest BCUT2D eigenvalue weighted by Crippen LogP contribution is -2.40. The average Bonchev–Trinajstić information content (AvgIpc) is 3.41. The highest BCUT2D eigenvalue weighted by molar-refractivity contribution is 6.35. The van der Waals surface area contributed by atoms with Gasteiger partial charge in [-0.25, -0.2) is 14.8 Å². The van der Waals surface area contributed by atoms with Gasteiger partial charge in [-0.15, -0.1) is 0 Å². The molecule has 0 spiro atoms. The van der Waals surface area contributed by atoms with E-state index in [9.17, 15) is 14.7 Å². The number of rotatable bonds is 12. The van der Waals surface area contributed by atoms with Crippen molar-refractivity contribution in [2.24, 2.45) is 5.73 Å². The van der Waals surface area contributed by atoms with E-state index in [4.69, 9.17) is 33.4 Å². The lowest BCUT2D eigenvalue weighted by molar-refractivity contribution is -0.121. The Kier molecular flexibility index (Phi) is 9.66. The molecule has 1 amide bonds. The molecule has 4 rings (SSSR count). The van der Waals surface area contributed by atoms with Crippen LogP contribution in [-0.2, 0) is 11.3 Å². The number of amides is 1. The zero-order valence-corrected chi connectivity index (χ0v) is 23.8. The highest BCUT2D eigenvalue weighted by Gasteiger charge is 2.21. The van der Waals surface area contributed by atoms with E-state index in [-0.39, 0.29) is 18.0 Å². The number of aryl methyl sites for hydroxylation is 1. The van der Waals surface area contributed by atoms with Gasteiger partial charge in [-0.05, 0) is 56.3 Å². The molecule has 0 saturated heterocycles. The van der Waals surface area contributed by atoms with Gasteiger partial charge in [0.05, 0.1) is 22.8 Å². The summed E-state index contributed by atoms with van der Waals surface area (Å²) >= 11 is 12.5. The fourth-order valence-corrected chi connectivity index (χ4v) is 4.32. The minimum atomic E-state index is -1.10. The fraction of sp³-hybridized carbons (Fsp3) is 0.214. The van der Waals surface area contributed by atoms with E-state index in [0.717, 1.165) is 0 Å². The number of benzene rings is 2. The largest absolute Gasteiger partial charge is 0.478 e. The van der Waals surface area contributed by atoms with Gasteiger partial charge < -0.3 is 36.5 Å². The SMILES string of the molecule is Cc1nc(Nc2ccccc2C(=O)O)c(NCc2ccc(-c3cc(Cl)ccc3Cl)o2)c(NC(C)C(=O)NCCN)n1. The third kappa shape index (κ3) is 7.46. The van der Waals surface area contributed by atoms with Gasteiger partial charge in [0.15, 0.2) is 11.6 Å². The second-order valence-corrected chi connectivity index (χ2v) is 9.85. The number of carbonyl (C=O) groups is 2. The van der Waals surface area contributed by atoms with Crippen LogP contribution in [0.25, 0.3) is 11.3 Å². The van der Waals surface area contributed by atoms with Crippen LogP contribution in [0, 0.1) is 6.92 Å². The van der Waals surface area contributed by atoms with Crippen molar-refractivity contribution in [2.75, 3.05) is 29.0 Å². The third-order valence-corrected chi connectivity index (χ3v) is 6.48. The number of nitrogens with two attached hydrogens (primary N) is 1. The van der Waals surface area contributed by atoms with E-state index in [1.807, 2.05) is 0 Å². The van der Waals surface area contributed by atoms with E-state index < -0.39 is 12.0 Å². The minimum absolute atomic E-state index is 0.0628. The second kappa shape index (κ2) is 13.4. The van der Waals surface area contributed by atoms with Crippen molar-refractivity contribution < 1.29 is 19.1 Å². The third-order valence-electron chi connectivity index (χ3n) is 5.92. The number of carboxylic acids is 1. The van der Waals surface area contributed by atoms with Gasteiger partial charge >= 0.3 is 5.97 Å². The number of aromatic carboxylic acids is 1. The maximum Gasteiger partial charge on any atom is 0.337 e. The first-order valence-electron chi connectivity index (χ1n) is 12.7. The Bertz CT molecular complexity index is 1560. The number of halogens is 2. The number of nitrogens with one attached hydrogen (secondary N) is 4. The topological polar surface area (TPSA) is 167 Å². The zero-order valence-electron chi connectivity index (χ0n) is 22.3. The molecule has 41 heavy (non-hydrogen) atoms. The van der Waals surface area contributed by atoms with Crippen LogP contribution in [0.1, 0.15) is 28.9 Å². The number of carboxylic acid groups (broad SMARTS) is 1. The number of para-hydroxylation sites is 1. The Hall–Kier alpha value is -4.32. The quantitative estimate of drug-likeness (QED) is 0.126. The molecule has 2 heterocycles. The van der Waals surface area contributed by atoms with Crippen LogP contribution in [0.3, 0.4) is 0 Å². The number of nitrogens with zero attached hydrogens (tertiary/aromatic N) is 2. The van der Waals surface area contributed by atoms with Crippen molar-refractivity contribution in [3.63, 3.8) is 0 Å². The summed E-state index contributed by atoms with van der Waals surface area (Å²) in [5, 5.41) is 22.9. The minimum Gasteiger partial charge on any atom is -0.478 e. The first kappa shape index (κ1) is 29.7. The van der Waals surface area contributed by atoms with E-state index in [2.05, 4.69) is 31.2 Å². The van der Waals surface area contributed by atoms with Crippen LogP contribution in [0.15, 0.2) is 59.0 Å². The molecule has 214 valence electrons. The fourth-order valence-electron chi connectivity index (χ4n) is 3.94. The van der Waals surface area contributed by atoms with Crippen molar-refractivity contribution in [2.45, 2.75) is 26.4 Å². The van der Waals surface area contributed by atoms with Crippen molar-refractivity contribution in [3.05, 3.63) is 81.8 Å². The first-order valence-corrected chi connectivity index (χ1v) is 13.4. The van der Waals surface area contributed by atoms with Gasteiger partial charge in [0.25, 0.3) is 0 Å². The molecule has 0 radical (unpaired) electrons. The lowest BCUT2D eigenvalue weighted by atomic mass is 10.2. The monoisotopic (exact) mass is 597 g/mol.